The van der Waals surface area contributed by atoms with Crippen LogP contribution in [0.15, 0.2) is 67.3 Å². The minimum Gasteiger partial charge on any atom is -0.353 e. The number of pyridine rings is 3. The fraction of sp³-hybridized carbons (Fsp3) is 0.242. The van der Waals surface area contributed by atoms with E-state index in [-0.39, 0.29) is 17.4 Å². The number of aromatic amines is 2. The summed E-state index contributed by atoms with van der Waals surface area (Å²) in [4.78, 5) is 29.7. The van der Waals surface area contributed by atoms with E-state index >= 15 is 0 Å². The number of nitrogens with two attached hydrogens (primary N) is 1. The number of sulfone groups is 1. The SMILES string of the molecule is CS(=O)(=O)C(N)c1cc(F)cc(-c2nccc3[nH]c(-c4n[nH]c5cnc(-c6cncc(NC(=O)C7CCCCC7)c6)cc45)cc23)c1. The molecule has 6 aromatic rings. The Morgan fingerprint density at radius 1 is 0.957 bits per heavy atom. The van der Waals surface area contributed by atoms with Crippen LogP contribution in [0.4, 0.5) is 10.1 Å². The van der Waals surface area contributed by atoms with Crippen LogP contribution in [0.1, 0.15) is 43.0 Å². The third-order valence-electron chi connectivity index (χ3n) is 8.51. The molecule has 234 valence electrons. The summed E-state index contributed by atoms with van der Waals surface area (Å²) in [5.74, 6) is -0.563. The quantitative estimate of drug-likeness (QED) is 0.168. The lowest BCUT2D eigenvalue weighted by atomic mass is 9.88. The number of carbonyl (C=O) groups excluding carboxylic acids is 1. The predicted molar refractivity (Wildman–Crippen MR) is 175 cm³/mol. The first-order valence-corrected chi connectivity index (χ1v) is 16.9. The minimum atomic E-state index is -3.65. The van der Waals surface area contributed by atoms with Crippen molar-refractivity contribution in [3.05, 3.63) is 78.6 Å². The Kier molecular flexibility index (Phi) is 7.57. The van der Waals surface area contributed by atoms with Gasteiger partial charge in [0.15, 0.2) is 9.84 Å². The van der Waals surface area contributed by atoms with Crippen molar-refractivity contribution in [3.8, 4) is 33.9 Å². The summed E-state index contributed by atoms with van der Waals surface area (Å²) >= 11 is 0. The number of carbonyl (C=O) groups is 1. The van der Waals surface area contributed by atoms with Gasteiger partial charge in [-0.15, -0.1) is 0 Å². The Bertz CT molecular complexity index is 2220. The molecule has 1 amide bonds. The number of halogens is 1. The Morgan fingerprint density at radius 3 is 2.57 bits per heavy atom. The number of hydrogen-bond acceptors (Lipinski definition) is 8. The number of fused-ring (bicyclic) bond motifs is 2. The van der Waals surface area contributed by atoms with Crippen molar-refractivity contribution in [3.63, 3.8) is 0 Å². The van der Waals surface area contributed by atoms with Gasteiger partial charge in [-0.3, -0.25) is 24.8 Å². The lowest BCUT2D eigenvalue weighted by Crippen LogP contribution is -2.24. The molecule has 1 unspecified atom stereocenters. The van der Waals surface area contributed by atoms with Crippen LogP contribution in [-0.4, -0.2) is 50.7 Å². The number of nitrogens with one attached hydrogen (secondary N) is 3. The number of benzene rings is 1. The van der Waals surface area contributed by atoms with Gasteiger partial charge in [0.2, 0.25) is 5.91 Å². The van der Waals surface area contributed by atoms with E-state index in [1.807, 2.05) is 18.2 Å². The van der Waals surface area contributed by atoms with Crippen molar-refractivity contribution in [2.75, 3.05) is 11.6 Å². The third-order valence-corrected chi connectivity index (χ3v) is 9.71. The van der Waals surface area contributed by atoms with Gasteiger partial charge in [0.05, 0.1) is 40.7 Å². The molecule has 5 aromatic heterocycles. The van der Waals surface area contributed by atoms with Gasteiger partial charge in [0.1, 0.15) is 16.9 Å². The van der Waals surface area contributed by atoms with E-state index in [0.29, 0.717) is 39.4 Å². The van der Waals surface area contributed by atoms with Gasteiger partial charge in [-0.25, -0.2) is 12.8 Å². The first kappa shape index (κ1) is 29.7. The molecule has 5 heterocycles. The lowest BCUT2D eigenvalue weighted by molar-refractivity contribution is -0.120. The number of aromatic nitrogens is 6. The highest BCUT2D eigenvalue weighted by molar-refractivity contribution is 7.90. The first-order chi connectivity index (χ1) is 22.1. The monoisotopic (exact) mass is 638 g/mol. The molecule has 13 heteroatoms. The van der Waals surface area contributed by atoms with Gasteiger partial charge in [0, 0.05) is 52.0 Å². The Balaban J connectivity index is 1.23. The lowest BCUT2D eigenvalue weighted by Gasteiger charge is -2.20. The van der Waals surface area contributed by atoms with E-state index in [1.54, 1.807) is 36.9 Å². The topological polar surface area (TPSA) is 172 Å². The molecule has 7 rings (SSSR count). The van der Waals surface area contributed by atoms with Crippen molar-refractivity contribution < 1.29 is 17.6 Å². The molecule has 11 nitrogen and oxygen atoms in total. The van der Waals surface area contributed by atoms with Gasteiger partial charge >= 0.3 is 0 Å². The highest BCUT2D eigenvalue weighted by Gasteiger charge is 2.23. The maximum Gasteiger partial charge on any atom is 0.227 e. The molecule has 0 aliphatic heterocycles. The second-order valence-corrected chi connectivity index (χ2v) is 14.0. The Morgan fingerprint density at radius 2 is 1.76 bits per heavy atom. The zero-order valence-corrected chi connectivity index (χ0v) is 25.7. The molecule has 46 heavy (non-hydrogen) atoms. The van der Waals surface area contributed by atoms with Crippen molar-refractivity contribution in [2.24, 2.45) is 11.7 Å². The summed E-state index contributed by atoms with van der Waals surface area (Å²) in [5, 5.41) is 10.7. The third kappa shape index (κ3) is 5.74. The standard InChI is InChI=1S/C33H31FN8O3S/c1-46(44,45)32(35)20-9-19(10-22(34)11-20)30-24-14-28(40-26(24)7-8-37-30)31-25-13-27(38-17-29(25)41-42-31)21-12-23(16-36-15-21)39-33(43)18-5-3-2-4-6-18/h7-18,32,40H,2-6,35H2,1H3,(H,39,43)(H,41,42). The number of anilines is 1. The van der Waals surface area contributed by atoms with E-state index in [0.717, 1.165) is 60.0 Å². The summed E-state index contributed by atoms with van der Waals surface area (Å²) in [7, 11) is -3.65. The van der Waals surface area contributed by atoms with E-state index in [9.17, 15) is 17.6 Å². The summed E-state index contributed by atoms with van der Waals surface area (Å²) < 4.78 is 38.8. The van der Waals surface area contributed by atoms with E-state index in [1.165, 1.54) is 12.5 Å². The second kappa shape index (κ2) is 11.7. The van der Waals surface area contributed by atoms with Crippen LogP contribution in [0.5, 0.6) is 0 Å². The molecule has 1 fully saturated rings. The summed E-state index contributed by atoms with van der Waals surface area (Å²) in [6.07, 6.45) is 12.8. The van der Waals surface area contributed by atoms with E-state index < -0.39 is 21.0 Å². The summed E-state index contributed by atoms with van der Waals surface area (Å²) in [5.41, 5.74) is 11.7. The zero-order chi connectivity index (χ0) is 32.0. The van der Waals surface area contributed by atoms with Gasteiger partial charge in [0.25, 0.3) is 0 Å². The average Bonchev–Trinajstić information content (AvgIpc) is 3.68. The van der Waals surface area contributed by atoms with E-state index in [2.05, 4.69) is 35.5 Å². The number of amides is 1. The fourth-order valence-electron chi connectivity index (χ4n) is 6.11. The van der Waals surface area contributed by atoms with Gasteiger partial charge in [-0.05, 0) is 60.9 Å². The summed E-state index contributed by atoms with van der Waals surface area (Å²) in [6.45, 7) is 0. The van der Waals surface area contributed by atoms with Crippen LogP contribution in [0.25, 0.3) is 55.7 Å². The number of H-pyrrole nitrogens is 2. The van der Waals surface area contributed by atoms with Crippen LogP contribution < -0.4 is 11.1 Å². The predicted octanol–water partition coefficient (Wildman–Crippen LogP) is 5.89. The molecular weight excluding hydrogens is 607 g/mol. The van der Waals surface area contributed by atoms with Crippen LogP contribution in [0, 0.1) is 11.7 Å². The molecular formula is C33H31FN8O3S. The minimum absolute atomic E-state index is 0.0274. The molecule has 1 aliphatic rings. The van der Waals surface area contributed by atoms with Crippen molar-refractivity contribution in [2.45, 2.75) is 37.5 Å². The van der Waals surface area contributed by atoms with Crippen LogP contribution >= 0.6 is 0 Å². The first-order valence-electron chi connectivity index (χ1n) is 15.0. The smallest absolute Gasteiger partial charge is 0.227 e. The molecule has 0 radical (unpaired) electrons. The maximum absolute atomic E-state index is 14.7. The molecule has 0 saturated heterocycles. The molecule has 0 spiro atoms. The van der Waals surface area contributed by atoms with Gasteiger partial charge in [-0.1, -0.05) is 19.3 Å². The van der Waals surface area contributed by atoms with Crippen molar-refractivity contribution in [1.82, 2.24) is 30.1 Å². The zero-order valence-electron chi connectivity index (χ0n) is 24.9. The van der Waals surface area contributed by atoms with Crippen LogP contribution in [0.2, 0.25) is 0 Å². The maximum atomic E-state index is 14.7. The number of rotatable bonds is 7. The molecule has 1 atom stereocenters. The molecule has 1 aromatic carbocycles. The van der Waals surface area contributed by atoms with Crippen molar-refractivity contribution >= 4 is 43.2 Å². The summed E-state index contributed by atoms with van der Waals surface area (Å²) in [6, 6.07) is 11.4. The van der Waals surface area contributed by atoms with Crippen molar-refractivity contribution in [1.29, 1.82) is 0 Å². The molecule has 0 bridgehead atoms. The fourth-order valence-corrected chi connectivity index (χ4v) is 6.74. The van der Waals surface area contributed by atoms with Gasteiger partial charge < -0.3 is 16.0 Å². The largest absolute Gasteiger partial charge is 0.353 e. The molecule has 1 aliphatic carbocycles. The Hall–Kier alpha value is -5.01. The molecule has 1 saturated carbocycles. The number of hydrogen-bond donors (Lipinski definition) is 4. The number of nitrogens with zero attached hydrogens (tertiary/aromatic N) is 4. The van der Waals surface area contributed by atoms with Crippen LogP contribution in [0.3, 0.4) is 0 Å². The highest BCUT2D eigenvalue weighted by Crippen LogP contribution is 2.35. The second-order valence-electron chi connectivity index (χ2n) is 11.8. The average molecular weight is 639 g/mol. The normalized spacial score (nSPS) is 14.9. The molecule has 5 N–H and O–H groups in total. The Labute approximate surface area is 263 Å². The highest BCUT2D eigenvalue weighted by atomic mass is 32.2. The van der Waals surface area contributed by atoms with Crippen LogP contribution in [-0.2, 0) is 14.6 Å². The van der Waals surface area contributed by atoms with E-state index in [4.69, 9.17) is 5.73 Å². The van der Waals surface area contributed by atoms with Gasteiger partial charge in [-0.2, -0.15) is 5.10 Å².